The minimum atomic E-state index is 0.274. The van der Waals surface area contributed by atoms with E-state index < -0.39 is 0 Å². The zero-order valence-electron chi connectivity index (χ0n) is 22.5. The van der Waals surface area contributed by atoms with Crippen molar-refractivity contribution in [3.63, 3.8) is 0 Å². The Morgan fingerprint density at radius 2 is 0.688 bits per heavy atom. The number of rotatable bonds is 27. The number of carbonyl (C=O) groups is 1. The third kappa shape index (κ3) is 27.5. The zero-order chi connectivity index (χ0) is 23.4. The van der Waals surface area contributed by atoms with Crippen molar-refractivity contribution in [2.24, 2.45) is 0 Å². The van der Waals surface area contributed by atoms with Gasteiger partial charge in [-0.15, -0.1) is 0 Å². The Balaban J connectivity index is 3.14. The molecule has 0 aromatic carbocycles. The van der Waals surface area contributed by atoms with Crippen molar-refractivity contribution in [2.75, 3.05) is 6.54 Å². The number of unbranched alkanes of at least 4 members (excludes halogenated alkanes) is 23. The summed E-state index contributed by atoms with van der Waals surface area (Å²) in [6.07, 6.45) is 34.9. The largest absolute Gasteiger partial charge is 0.356 e. The molecule has 1 N–H and O–H groups in total. The van der Waals surface area contributed by atoms with Crippen LogP contribution in [0.1, 0.15) is 181 Å². The first-order valence-corrected chi connectivity index (χ1v) is 15.1. The fraction of sp³-hybridized carbons (Fsp3) is 0.967. The average Bonchev–Trinajstić information content (AvgIpc) is 2.80. The molecule has 32 heavy (non-hydrogen) atoms. The van der Waals surface area contributed by atoms with E-state index >= 15 is 0 Å². The van der Waals surface area contributed by atoms with Crippen LogP contribution in [0.3, 0.4) is 0 Å². The Bertz CT molecular complexity index is 323. The Labute approximate surface area is 203 Å². The number of nitrogens with one attached hydrogen (secondary N) is 1. The van der Waals surface area contributed by atoms with Crippen LogP contribution in [0.25, 0.3) is 0 Å². The van der Waals surface area contributed by atoms with Gasteiger partial charge < -0.3 is 5.32 Å². The van der Waals surface area contributed by atoms with Crippen LogP contribution in [-0.2, 0) is 4.79 Å². The normalized spacial score (nSPS) is 11.2. The van der Waals surface area contributed by atoms with Crippen molar-refractivity contribution >= 4 is 5.91 Å². The molecule has 0 fully saturated rings. The molecule has 2 heteroatoms. The lowest BCUT2D eigenvalue weighted by Gasteiger charge is -2.06. The van der Waals surface area contributed by atoms with E-state index in [9.17, 15) is 4.79 Å². The smallest absolute Gasteiger partial charge is 0.219 e. The van der Waals surface area contributed by atoms with Gasteiger partial charge in [0.2, 0.25) is 5.91 Å². The second-order valence-electron chi connectivity index (χ2n) is 10.2. The molecule has 0 rings (SSSR count). The van der Waals surface area contributed by atoms with E-state index in [0.29, 0.717) is 0 Å². The van der Waals surface area contributed by atoms with Gasteiger partial charge in [0, 0.05) is 13.0 Å². The molecule has 0 spiro atoms. The van der Waals surface area contributed by atoms with Gasteiger partial charge in [0.15, 0.2) is 0 Å². The maximum absolute atomic E-state index is 11.9. The summed E-state index contributed by atoms with van der Waals surface area (Å²) in [6.45, 7) is 5.45. The van der Waals surface area contributed by atoms with Gasteiger partial charge in [-0.05, 0) is 12.8 Å². The summed E-state index contributed by atoms with van der Waals surface area (Å²) in [6, 6.07) is 0. The minimum absolute atomic E-state index is 0.274. The van der Waals surface area contributed by atoms with Crippen LogP contribution in [0.4, 0.5) is 0 Å². The van der Waals surface area contributed by atoms with E-state index in [1.54, 1.807) is 0 Å². The van der Waals surface area contributed by atoms with Gasteiger partial charge in [-0.2, -0.15) is 0 Å². The molecule has 0 atom stereocenters. The monoisotopic (exact) mass is 451 g/mol. The fourth-order valence-corrected chi connectivity index (χ4v) is 4.59. The van der Waals surface area contributed by atoms with Crippen LogP contribution in [0.15, 0.2) is 0 Å². The maximum atomic E-state index is 11.9. The topological polar surface area (TPSA) is 29.1 Å². The molecule has 0 heterocycles. The highest BCUT2D eigenvalue weighted by Gasteiger charge is 2.01. The fourth-order valence-electron chi connectivity index (χ4n) is 4.59. The van der Waals surface area contributed by atoms with Crippen LogP contribution in [0.5, 0.6) is 0 Å². The van der Waals surface area contributed by atoms with E-state index in [-0.39, 0.29) is 5.91 Å². The Morgan fingerprint density at radius 3 is 1.03 bits per heavy atom. The lowest BCUT2D eigenvalue weighted by Crippen LogP contribution is -2.23. The highest BCUT2D eigenvalue weighted by atomic mass is 16.1. The molecule has 0 aliphatic rings. The second-order valence-corrected chi connectivity index (χ2v) is 10.2. The van der Waals surface area contributed by atoms with E-state index in [1.807, 2.05) is 0 Å². The van der Waals surface area contributed by atoms with Gasteiger partial charge in [0.25, 0.3) is 0 Å². The zero-order valence-corrected chi connectivity index (χ0v) is 22.5. The Hall–Kier alpha value is -0.530. The average molecular weight is 452 g/mol. The summed E-state index contributed by atoms with van der Waals surface area (Å²) in [5.74, 6) is 0.274. The molecule has 192 valence electrons. The molecule has 0 saturated carbocycles. The molecule has 0 bridgehead atoms. The van der Waals surface area contributed by atoms with E-state index in [4.69, 9.17) is 0 Å². The SMILES string of the molecule is CCCCCCCCCCCCCCCC(=O)NCCCCCCCCCCCCCC. The number of carbonyl (C=O) groups excluding carboxylic acids is 1. The van der Waals surface area contributed by atoms with Crippen molar-refractivity contribution in [2.45, 2.75) is 181 Å². The molecule has 0 aliphatic heterocycles. The summed E-state index contributed by atoms with van der Waals surface area (Å²) in [4.78, 5) is 11.9. The molecule has 0 aromatic rings. The number of hydrogen-bond donors (Lipinski definition) is 1. The maximum Gasteiger partial charge on any atom is 0.219 e. The third-order valence-electron chi connectivity index (χ3n) is 6.86. The third-order valence-corrected chi connectivity index (χ3v) is 6.86. The van der Waals surface area contributed by atoms with Crippen LogP contribution in [-0.4, -0.2) is 12.5 Å². The Kier molecular flexibility index (Phi) is 28.0. The standard InChI is InChI=1S/C30H61NO/c1-3-5-7-9-11-13-15-17-18-20-22-24-26-28-30(32)31-29-27-25-23-21-19-16-14-12-10-8-6-4-2/h3-29H2,1-2H3,(H,31,32). The van der Waals surface area contributed by atoms with Gasteiger partial charge in [-0.25, -0.2) is 0 Å². The number of hydrogen-bond acceptors (Lipinski definition) is 1. The molecular formula is C30H61NO. The highest BCUT2D eigenvalue weighted by molar-refractivity contribution is 5.75. The molecule has 2 nitrogen and oxygen atoms in total. The lowest BCUT2D eigenvalue weighted by molar-refractivity contribution is -0.121. The first-order chi connectivity index (χ1) is 15.8. The van der Waals surface area contributed by atoms with E-state index in [1.165, 1.54) is 148 Å². The number of amides is 1. The summed E-state index contributed by atoms with van der Waals surface area (Å²) >= 11 is 0. The molecule has 0 aliphatic carbocycles. The summed E-state index contributed by atoms with van der Waals surface area (Å²) in [7, 11) is 0. The molecule has 1 amide bonds. The van der Waals surface area contributed by atoms with Gasteiger partial charge >= 0.3 is 0 Å². The first-order valence-electron chi connectivity index (χ1n) is 15.1. The van der Waals surface area contributed by atoms with Crippen LogP contribution < -0.4 is 5.32 Å². The molecule has 0 aromatic heterocycles. The van der Waals surface area contributed by atoms with Gasteiger partial charge in [-0.1, -0.05) is 162 Å². The minimum Gasteiger partial charge on any atom is -0.356 e. The predicted octanol–water partition coefficient (Wildman–Crippen LogP) is 10.3. The summed E-state index contributed by atoms with van der Waals surface area (Å²) in [5, 5.41) is 3.12. The van der Waals surface area contributed by atoms with Gasteiger partial charge in [0.1, 0.15) is 0 Å². The molecule has 0 radical (unpaired) electrons. The van der Waals surface area contributed by atoms with Gasteiger partial charge in [0.05, 0.1) is 0 Å². The lowest BCUT2D eigenvalue weighted by atomic mass is 10.0. The quantitative estimate of drug-likeness (QED) is 0.124. The molecular weight excluding hydrogens is 390 g/mol. The van der Waals surface area contributed by atoms with Crippen LogP contribution >= 0.6 is 0 Å². The Morgan fingerprint density at radius 1 is 0.406 bits per heavy atom. The second kappa shape index (κ2) is 28.5. The van der Waals surface area contributed by atoms with Gasteiger partial charge in [-0.3, -0.25) is 4.79 Å². The van der Waals surface area contributed by atoms with Crippen molar-refractivity contribution in [1.82, 2.24) is 5.32 Å². The van der Waals surface area contributed by atoms with Crippen LogP contribution in [0.2, 0.25) is 0 Å². The first kappa shape index (κ1) is 31.5. The molecule has 0 saturated heterocycles. The van der Waals surface area contributed by atoms with Crippen LogP contribution in [0, 0.1) is 0 Å². The van der Waals surface area contributed by atoms with Crippen molar-refractivity contribution in [3.8, 4) is 0 Å². The summed E-state index contributed by atoms with van der Waals surface area (Å²) in [5.41, 5.74) is 0. The van der Waals surface area contributed by atoms with Crippen molar-refractivity contribution in [3.05, 3.63) is 0 Å². The van der Waals surface area contributed by atoms with E-state index in [0.717, 1.165) is 25.8 Å². The van der Waals surface area contributed by atoms with Crippen molar-refractivity contribution in [1.29, 1.82) is 0 Å². The summed E-state index contributed by atoms with van der Waals surface area (Å²) < 4.78 is 0. The predicted molar refractivity (Wildman–Crippen MR) is 144 cm³/mol. The van der Waals surface area contributed by atoms with E-state index in [2.05, 4.69) is 19.2 Å². The van der Waals surface area contributed by atoms with Crippen molar-refractivity contribution < 1.29 is 4.79 Å². The molecule has 0 unspecified atom stereocenters. The highest BCUT2D eigenvalue weighted by Crippen LogP contribution is 2.13.